The molecule has 8 heteroatoms. The summed E-state index contributed by atoms with van der Waals surface area (Å²) >= 11 is 0. The number of benzene rings is 1. The van der Waals surface area contributed by atoms with E-state index in [1.54, 1.807) is 53.6 Å². The van der Waals surface area contributed by atoms with E-state index in [0.717, 1.165) is 11.5 Å². The normalized spacial score (nSPS) is 10.6. The number of nitrogens with zero attached hydrogens (tertiary/aromatic N) is 4. The summed E-state index contributed by atoms with van der Waals surface area (Å²) in [6.45, 7) is 0. The fourth-order valence-corrected chi connectivity index (χ4v) is 2.35. The number of fused-ring (bicyclic) bond motifs is 1. The van der Waals surface area contributed by atoms with Crippen molar-refractivity contribution in [3.8, 4) is 0 Å². The molecular weight excluding hydrogens is 318 g/mol. The van der Waals surface area contributed by atoms with Gasteiger partial charge in [0.2, 0.25) is 5.95 Å². The van der Waals surface area contributed by atoms with Crippen LogP contribution in [0.15, 0.2) is 67.3 Å². The second-order valence-electron chi connectivity index (χ2n) is 5.23. The van der Waals surface area contributed by atoms with Crippen molar-refractivity contribution < 1.29 is 9.31 Å². The molecule has 4 rings (SSSR count). The molecule has 0 atom stereocenters. The molecule has 0 saturated carbocycles. The first kappa shape index (κ1) is 14.8. The lowest BCUT2D eigenvalue weighted by atomic mass is 10.2. The molecule has 0 saturated heterocycles. The Kier molecular flexibility index (Phi) is 3.76. The van der Waals surface area contributed by atoms with E-state index in [-0.39, 0.29) is 11.9 Å². The van der Waals surface area contributed by atoms with Crippen molar-refractivity contribution >= 4 is 29.0 Å². The monoisotopic (exact) mass is 332 g/mol. The van der Waals surface area contributed by atoms with Crippen LogP contribution < -0.4 is 15.1 Å². The molecular formula is C17H14N7O+. The second-order valence-corrected chi connectivity index (χ2v) is 5.23. The summed E-state index contributed by atoms with van der Waals surface area (Å²) in [6.07, 6.45) is 6.71. The number of anilines is 3. The van der Waals surface area contributed by atoms with Crippen molar-refractivity contribution in [3.05, 3.63) is 72.8 Å². The molecule has 0 fully saturated rings. The van der Waals surface area contributed by atoms with E-state index in [2.05, 4.69) is 30.7 Å². The number of aromatic nitrogens is 5. The van der Waals surface area contributed by atoms with Crippen LogP contribution in [0.4, 0.5) is 17.5 Å². The Morgan fingerprint density at radius 2 is 1.80 bits per heavy atom. The number of H-pyrrole nitrogens is 1. The summed E-state index contributed by atoms with van der Waals surface area (Å²) in [6, 6.07) is 12.6. The lowest BCUT2D eigenvalue weighted by molar-refractivity contribution is -0.563. The summed E-state index contributed by atoms with van der Waals surface area (Å²) < 4.78 is 1.80. The zero-order valence-electron chi connectivity index (χ0n) is 13.0. The number of rotatable bonds is 4. The molecule has 0 bridgehead atoms. The van der Waals surface area contributed by atoms with Crippen molar-refractivity contribution in [2.45, 2.75) is 0 Å². The molecule has 8 nitrogen and oxygen atoms in total. The van der Waals surface area contributed by atoms with Gasteiger partial charge in [-0.25, -0.2) is 9.97 Å². The van der Waals surface area contributed by atoms with E-state index >= 15 is 0 Å². The Bertz CT molecular complexity index is 1010. The van der Waals surface area contributed by atoms with Gasteiger partial charge < -0.3 is 0 Å². The Balaban J connectivity index is 1.49. The van der Waals surface area contributed by atoms with Gasteiger partial charge in [0, 0.05) is 23.9 Å². The summed E-state index contributed by atoms with van der Waals surface area (Å²) in [7, 11) is 0. The molecule has 122 valence electrons. The number of carbonyl (C=O) groups excluding carboxylic acids is 1. The third-order valence-corrected chi connectivity index (χ3v) is 3.53. The number of hydrogen-bond acceptors (Lipinski definition) is 5. The standard InChI is InChI=1S/C17H13N7O/c25-16(12-4-2-1-3-5-12)23-17-19-10-13(11-20-17)22-15-6-8-18-14-7-9-21-24(14)15/h1-11H,(H2,18,19,20,21,22,23,25)/p+1. The Morgan fingerprint density at radius 1 is 1.00 bits per heavy atom. The highest BCUT2D eigenvalue weighted by atomic mass is 16.1. The fraction of sp³-hybridized carbons (Fsp3) is 0. The SMILES string of the molecule is O=C(Nc1ncc(Nc2ccnc3cc[nH][n+]23)cn1)c1ccccc1. The van der Waals surface area contributed by atoms with Gasteiger partial charge in [0.05, 0.1) is 12.4 Å². The summed E-state index contributed by atoms with van der Waals surface area (Å²) in [4.78, 5) is 24.7. The Morgan fingerprint density at radius 3 is 2.60 bits per heavy atom. The third-order valence-electron chi connectivity index (χ3n) is 3.53. The van der Waals surface area contributed by atoms with Crippen molar-refractivity contribution in [3.63, 3.8) is 0 Å². The van der Waals surface area contributed by atoms with Crippen molar-refractivity contribution in [1.29, 1.82) is 0 Å². The second kappa shape index (κ2) is 6.36. The number of amides is 1. The van der Waals surface area contributed by atoms with E-state index in [0.29, 0.717) is 11.3 Å². The minimum Gasteiger partial charge on any atom is -0.290 e. The molecule has 3 N–H and O–H groups in total. The predicted molar refractivity (Wildman–Crippen MR) is 91.5 cm³/mol. The Labute approximate surface area is 142 Å². The molecule has 0 aliphatic carbocycles. The van der Waals surface area contributed by atoms with E-state index in [4.69, 9.17) is 0 Å². The molecule has 0 spiro atoms. The summed E-state index contributed by atoms with van der Waals surface area (Å²) in [5.41, 5.74) is 2.03. The average molecular weight is 332 g/mol. The van der Waals surface area contributed by atoms with Crippen LogP contribution in [-0.2, 0) is 0 Å². The smallest absolute Gasteiger partial charge is 0.286 e. The van der Waals surface area contributed by atoms with E-state index < -0.39 is 0 Å². The average Bonchev–Trinajstić information content (AvgIpc) is 3.14. The highest BCUT2D eigenvalue weighted by Gasteiger charge is 2.11. The first-order valence-corrected chi connectivity index (χ1v) is 7.59. The summed E-state index contributed by atoms with van der Waals surface area (Å²) in [5, 5.41) is 8.92. The van der Waals surface area contributed by atoms with Gasteiger partial charge in [0.25, 0.3) is 17.4 Å². The molecule has 0 radical (unpaired) electrons. The van der Waals surface area contributed by atoms with Crippen LogP contribution in [0.25, 0.3) is 5.65 Å². The van der Waals surface area contributed by atoms with Crippen molar-refractivity contribution in [1.82, 2.24) is 20.1 Å². The van der Waals surface area contributed by atoms with Gasteiger partial charge in [-0.1, -0.05) is 18.2 Å². The molecule has 0 unspecified atom stereocenters. The predicted octanol–water partition coefficient (Wildman–Crippen LogP) is 1.93. The minimum atomic E-state index is -0.251. The zero-order valence-corrected chi connectivity index (χ0v) is 13.0. The maximum atomic E-state index is 12.1. The third kappa shape index (κ3) is 3.13. The molecule has 0 aliphatic rings. The van der Waals surface area contributed by atoms with Gasteiger partial charge in [-0.15, -0.1) is 9.50 Å². The van der Waals surface area contributed by atoms with Crippen molar-refractivity contribution in [2.75, 3.05) is 10.6 Å². The molecule has 25 heavy (non-hydrogen) atoms. The van der Waals surface area contributed by atoms with E-state index in [1.165, 1.54) is 0 Å². The first-order valence-electron chi connectivity index (χ1n) is 7.59. The van der Waals surface area contributed by atoms with Gasteiger partial charge in [0.15, 0.2) is 0 Å². The van der Waals surface area contributed by atoms with Crippen molar-refractivity contribution in [2.24, 2.45) is 0 Å². The number of hydrogen-bond donors (Lipinski definition) is 3. The topological polar surface area (TPSA) is 99.7 Å². The number of nitrogens with one attached hydrogen (secondary N) is 3. The van der Waals surface area contributed by atoms with Crippen LogP contribution in [0.5, 0.6) is 0 Å². The van der Waals surface area contributed by atoms with Gasteiger partial charge >= 0.3 is 0 Å². The minimum absolute atomic E-state index is 0.242. The lowest BCUT2D eigenvalue weighted by Crippen LogP contribution is -2.27. The van der Waals surface area contributed by atoms with E-state index in [1.807, 2.05) is 18.2 Å². The molecule has 3 aromatic heterocycles. The van der Waals surface area contributed by atoms with Crippen LogP contribution in [0.1, 0.15) is 10.4 Å². The largest absolute Gasteiger partial charge is 0.290 e. The van der Waals surface area contributed by atoms with Crippen LogP contribution in [0.3, 0.4) is 0 Å². The fourth-order valence-electron chi connectivity index (χ4n) is 2.35. The van der Waals surface area contributed by atoms with Crippen LogP contribution in [-0.4, -0.2) is 26.0 Å². The number of carbonyl (C=O) groups is 1. The van der Waals surface area contributed by atoms with Gasteiger partial charge in [0.1, 0.15) is 11.9 Å². The molecule has 0 aliphatic heterocycles. The molecule has 1 amide bonds. The molecule has 1 aromatic carbocycles. The van der Waals surface area contributed by atoms with Crippen LogP contribution >= 0.6 is 0 Å². The maximum absolute atomic E-state index is 12.1. The lowest BCUT2D eigenvalue weighted by Gasteiger charge is -2.04. The number of aromatic amines is 1. The Hall–Kier alpha value is -3.81. The molecule has 3 heterocycles. The van der Waals surface area contributed by atoms with Gasteiger partial charge in [-0.05, 0) is 12.1 Å². The van der Waals surface area contributed by atoms with Gasteiger partial charge in [-0.3, -0.25) is 20.5 Å². The quantitative estimate of drug-likeness (QED) is 0.496. The maximum Gasteiger partial charge on any atom is 0.286 e. The van der Waals surface area contributed by atoms with Crippen LogP contribution in [0, 0.1) is 0 Å². The van der Waals surface area contributed by atoms with E-state index in [9.17, 15) is 4.79 Å². The van der Waals surface area contributed by atoms with Gasteiger partial charge in [-0.2, -0.15) is 0 Å². The first-order chi connectivity index (χ1) is 12.3. The highest BCUT2D eigenvalue weighted by Crippen LogP contribution is 2.12. The highest BCUT2D eigenvalue weighted by molar-refractivity contribution is 6.03. The molecule has 4 aromatic rings. The summed E-state index contributed by atoms with van der Waals surface area (Å²) in [5.74, 6) is 0.783. The zero-order chi connectivity index (χ0) is 17.1. The van der Waals surface area contributed by atoms with Crippen LogP contribution in [0.2, 0.25) is 0 Å².